The molecule has 0 aromatic rings. The first-order valence-corrected chi connectivity index (χ1v) is 4.25. The van der Waals surface area contributed by atoms with Crippen LogP contribution in [0.2, 0.25) is 0 Å². The predicted molar refractivity (Wildman–Crippen MR) is 42.5 cm³/mol. The van der Waals surface area contributed by atoms with E-state index in [9.17, 15) is 0 Å². The lowest BCUT2D eigenvalue weighted by Gasteiger charge is -1.84. The van der Waals surface area contributed by atoms with Gasteiger partial charge in [-0.3, -0.25) is 0 Å². The highest BCUT2D eigenvalue weighted by molar-refractivity contribution is 9.09. The molecule has 0 aromatic heterocycles. The van der Waals surface area contributed by atoms with Gasteiger partial charge < -0.3 is 0 Å². The van der Waals surface area contributed by atoms with Crippen LogP contribution >= 0.6 is 15.9 Å². The molecule has 0 nitrogen and oxygen atoms in total. The van der Waals surface area contributed by atoms with E-state index in [1.54, 1.807) is 0 Å². The molecule has 0 bridgehead atoms. The molecule has 0 aromatic carbocycles. The lowest BCUT2D eigenvalue weighted by atomic mass is 10.3. The van der Waals surface area contributed by atoms with Crippen LogP contribution in [0.4, 0.5) is 0 Å². The van der Waals surface area contributed by atoms with Gasteiger partial charge in [-0.1, -0.05) is 35.0 Å². The maximum Gasteiger partial charge on any atom is 0.00342 e. The third kappa shape index (κ3) is 6.22. The van der Waals surface area contributed by atoms with E-state index < -0.39 is 0 Å². The fraction of sp³-hybridized carbons (Fsp3) is 0.714. The number of allylic oxidation sites excluding steroid dienone is 2. The molecule has 0 spiro atoms. The smallest absolute Gasteiger partial charge is 0.00342 e. The van der Waals surface area contributed by atoms with Gasteiger partial charge in [-0.15, -0.1) is 0 Å². The van der Waals surface area contributed by atoms with Gasteiger partial charge in [0, 0.05) is 5.33 Å². The molecule has 0 N–H and O–H groups in total. The van der Waals surface area contributed by atoms with Gasteiger partial charge >= 0.3 is 0 Å². The van der Waals surface area contributed by atoms with Crippen molar-refractivity contribution < 1.29 is 0 Å². The van der Waals surface area contributed by atoms with Gasteiger partial charge in [0.1, 0.15) is 0 Å². The number of hydrogen-bond donors (Lipinski definition) is 0. The van der Waals surface area contributed by atoms with Gasteiger partial charge in [0.2, 0.25) is 0 Å². The molecule has 0 rings (SSSR count). The van der Waals surface area contributed by atoms with Crippen molar-refractivity contribution in [1.29, 1.82) is 0 Å². The Morgan fingerprint density at radius 3 is 2.62 bits per heavy atom. The minimum absolute atomic E-state index is 1.13. The summed E-state index contributed by atoms with van der Waals surface area (Å²) in [6, 6.07) is 0. The highest BCUT2D eigenvalue weighted by atomic mass is 79.9. The van der Waals surface area contributed by atoms with Crippen LogP contribution in [0.25, 0.3) is 0 Å². The van der Waals surface area contributed by atoms with Gasteiger partial charge in [0.25, 0.3) is 0 Å². The number of alkyl halides is 1. The van der Waals surface area contributed by atoms with E-state index in [2.05, 4.69) is 35.0 Å². The molecule has 48 valence electrons. The second-order valence-corrected chi connectivity index (χ2v) is 2.50. The molecule has 0 fully saturated rings. The normalized spacial score (nSPS) is 10.8. The Labute approximate surface area is 60.1 Å². The van der Waals surface area contributed by atoms with Crippen LogP contribution in [0.15, 0.2) is 12.2 Å². The van der Waals surface area contributed by atoms with E-state index in [4.69, 9.17) is 0 Å². The van der Waals surface area contributed by atoms with Crippen LogP contribution in [0, 0.1) is 0 Å². The van der Waals surface area contributed by atoms with Crippen LogP contribution in [0.1, 0.15) is 26.2 Å². The summed E-state index contributed by atoms with van der Waals surface area (Å²) in [6.45, 7) is 2.16. The van der Waals surface area contributed by atoms with Crippen molar-refractivity contribution in [1.82, 2.24) is 0 Å². The molecule has 0 amide bonds. The van der Waals surface area contributed by atoms with Crippen LogP contribution in [0.5, 0.6) is 0 Å². The third-order valence-corrected chi connectivity index (χ3v) is 1.47. The molecule has 0 aliphatic carbocycles. The fourth-order valence-corrected chi connectivity index (χ4v) is 0.803. The molecule has 0 aliphatic heterocycles. The second-order valence-electron chi connectivity index (χ2n) is 1.71. The van der Waals surface area contributed by atoms with E-state index in [-0.39, 0.29) is 0 Å². The molecule has 1 heteroatoms. The Morgan fingerprint density at radius 1 is 1.38 bits per heavy atom. The topological polar surface area (TPSA) is 0 Å². The van der Waals surface area contributed by atoms with Crippen molar-refractivity contribution in [3.8, 4) is 0 Å². The molecule has 0 atom stereocenters. The Hall–Kier alpha value is 0.220. The summed E-state index contributed by atoms with van der Waals surface area (Å²) in [4.78, 5) is 0. The van der Waals surface area contributed by atoms with Crippen molar-refractivity contribution >= 4 is 15.9 Å². The number of hydrogen-bond acceptors (Lipinski definition) is 0. The first kappa shape index (κ1) is 8.22. The summed E-state index contributed by atoms with van der Waals surface area (Å²) in [5.74, 6) is 0. The molecule has 0 unspecified atom stereocenters. The Morgan fingerprint density at radius 2 is 2.12 bits per heavy atom. The van der Waals surface area contributed by atoms with Gasteiger partial charge in [-0.2, -0.15) is 0 Å². The van der Waals surface area contributed by atoms with Crippen LogP contribution < -0.4 is 0 Å². The molecule has 0 radical (unpaired) electrons. The maximum atomic E-state index is 3.37. The number of rotatable bonds is 4. The van der Waals surface area contributed by atoms with E-state index >= 15 is 0 Å². The largest absolute Gasteiger partial charge is 0.0928 e. The van der Waals surface area contributed by atoms with Crippen molar-refractivity contribution in [2.24, 2.45) is 0 Å². The Bertz CT molecular complexity index is 57.4. The molecule has 0 saturated heterocycles. The highest BCUT2D eigenvalue weighted by Crippen LogP contribution is 1.95. The maximum absolute atomic E-state index is 3.37. The molecule has 0 aliphatic rings. The highest BCUT2D eigenvalue weighted by Gasteiger charge is 1.75. The Kier molecular flexibility index (Phi) is 7.42. The first-order valence-electron chi connectivity index (χ1n) is 3.12. The van der Waals surface area contributed by atoms with E-state index in [0.29, 0.717) is 0 Å². The van der Waals surface area contributed by atoms with Crippen LogP contribution in [-0.2, 0) is 0 Å². The van der Waals surface area contributed by atoms with Gasteiger partial charge in [-0.05, 0) is 19.3 Å². The summed E-state index contributed by atoms with van der Waals surface area (Å²) in [5.41, 5.74) is 0. The summed E-state index contributed by atoms with van der Waals surface area (Å²) in [6.07, 6.45) is 8.10. The minimum Gasteiger partial charge on any atom is -0.0928 e. The van der Waals surface area contributed by atoms with Crippen LogP contribution in [-0.4, -0.2) is 5.33 Å². The average molecular weight is 177 g/mol. The average Bonchev–Trinajstić information content (AvgIpc) is 1.81. The quantitative estimate of drug-likeness (QED) is 0.351. The summed E-state index contributed by atoms with van der Waals surface area (Å²) < 4.78 is 0. The minimum atomic E-state index is 1.13. The summed E-state index contributed by atoms with van der Waals surface area (Å²) in [7, 11) is 0. The lowest BCUT2D eigenvalue weighted by Crippen LogP contribution is -1.68. The third-order valence-electron chi connectivity index (χ3n) is 0.907. The summed E-state index contributed by atoms with van der Waals surface area (Å²) in [5, 5.41) is 1.13. The van der Waals surface area contributed by atoms with E-state index in [0.717, 1.165) is 5.33 Å². The SMILES string of the molecule is CCC=CCCCBr. The monoisotopic (exact) mass is 176 g/mol. The van der Waals surface area contributed by atoms with Gasteiger partial charge in [-0.25, -0.2) is 0 Å². The second kappa shape index (κ2) is 7.22. The molecular weight excluding hydrogens is 164 g/mol. The standard InChI is InChI=1S/C7H13Br/c1-2-3-4-5-6-7-8/h3-4H,2,5-7H2,1H3. The molecule has 8 heavy (non-hydrogen) atoms. The molecule has 0 heterocycles. The van der Waals surface area contributed by atoms with E-state index in [1.165, 1.54) is 19.3 Å². The Balaban J connectivity index is 2.80. The number of unbranched alkanes of at least 4 members (excludes halogenated alkanes) is 1. The molecule has 0 saturated carbocycles. The van der Waals surface area contributed by atoms with Crippen molar-refractivity contribution in [3.63, 3.8) is 0 Å². The zero-order chi connectivity index (χ0) is 6.24. The fourth-order valence-electron chi connectivity index (χ4n) is 0.480. The van der Waals surface area contributed by atoms with Crippen LogP contribution in [0.3, 0.4) is 0 Å². The van der Waals surface area contributed by atoms with Crippen molar-refractivity contribution in [2.45, 2.75) is 26.2 Å². The first-order chi connectivity index (χ1) is 3.91. The van der Waals surface area contributed by atoms with Gasteiger partial charge in [0.05, 0.1) is 0 Å². The van der Waals surface area contributed by atoms with Gasteiger partial charge in [0.15, 0.2) is 0 Å². The summed E-state index contributed by atoms with van der Waals surface area (Å²) >= 11 is 3.37. The molecular formula is C7H13Br. The van der Waals surface area contributed by atoms with Crippen molar-refractivity contribution in [3.05, 3.63) is 12.2 Å². The predicted octanol–water partition coefficient (Wildman–Crippen LogP) is 3.13. The zero-order valence-corrected chi connectivity index (χ0v) is 6.95. The number of halogens is 1. The van der Waals surface area contributed by atoms with E-state index in [1.807, 2.05) is 0 Å². The van der Waals surface area contributed by atoms with Crippen molar-refractivity contribution in [2.75, 3.05) is 5.33 Å². The zero-order valence-electron chi connectivity index (χ0n) is 5.36. The lowest BCUT2D eigenvalue weighted by molar-refractivity contribution is 0.971.